The van der Waals surface area contributed by atoms with Crippen LogP contribution < -0.4 is 11.5 Å². The Hall–Kier alpha value is -1.29. The summed E-state index contributed by atoms with van der Waals surface area (Å²) in [6, 6.07) is 8.86. The number of hydrogen-bond donors (Lipinski definition) is 2. The summed E-state index contributed by atoms with van der Waals surface area (Å²) in [5.41, 5.74) is 19.6. The van der Waals surface area contributed by atoms with Crippen molar-refractivity contribution in [2.45, 2.75) is 50.3 Å². The van der Waals surface area contributed by atoms with E-state index in [1.54, 1.807) is 0 Å². The second-order valence-corrected chi connectivity index (χ2v) is 7.19. The molecule has 2 aromatic carbocycles. The predicted molar refractivity (Wildman–Crippen MR) is 101 cm³/mol. The number of nitrogens with two attached hydrogens (primary N) is 2. The van der Waals surface area contributed by atoms with E-state index in [1.807, 2.05) is 11.8 Å². The zero-order valence-electron chi connectivity index (χ0n) is 14.7. The van der Waals surface area contributed by atoms with Crippen molar-refractivity contribution in [2.75, 3.05) is 13.1 Å². The van der Waals surface area contributed by atoms with Crippen LogP contribution in [0.3, 0.4) is 0 Å². The van der Waals surface area contributed by atoms with Gasteiger partial charge in [0.2, 0.25) is 0 Å². The first-order valence-electron chi connectivity index (χ1n) is 8.25. The quantitative estimate of drug-likeness (QED) is 0.840. The Morgan fingerprint density at radius 1 is 0.696 bits per heavy atom. The van der Waals surface area contributed by atoms with Crippen molar-refractivity contribution in [3.63, 3.8) is 0 Å². The smallest absolute Gasteiger partial charge is 0.0183 e. The van der Waals surface area contributed by atoms with Gasteiger partial charge in [-0.1, -0.05) is 36.0 Å². The van der Waals surface area contributed by atoms with Gasteiger partial charge < -0.3 is 11.5 Å². The third-order valence-corrected chi connectivity index (χ3v) is 6.13. The minimum atomic E-state index is 0.693. The molecule has 0 fully saturated rings. The van der Waals surface area contributed by atoms with Crippen molar-refractivity contribution in [1.29, 1.82) is 0 Å². The summed E-state index contributed by atoms with van der Waals surface area (Å²) in [4.78, 5) is 2.74. The Kier molecular flexibility index (Phi) is 6.28. The van der Waals surface area contributed by atoms with Gasteiger partial charge in [0.05, 0.1) is 0 Å². The highest BCUT2D eigenvalue weighted by Crippen LogP contribution is 2.38. The second-order valence-electron chi connectivity index (χ2n) is 6.17. The van der Waals surface area contributed by atoms with Gasteiger partial charge in [-0.25, -0.2) is 0 Å². The van der Waals surface area contributed by atoms with Gasteiger partial charge in [0.1, 0.15) is 0 Å². The average molecular weight is 329 g/mol. The van der Waals surface area contributed by atoms with Crippen LogP contribution in [0.2, 0.25) is 0 Å². The van der Waals surface area contributed by atoms with Gasteiger partial charge in [-0.3, -0.25) is 0 Å². The van der Waals surface area contributed by atoms with Gasteiger partial charge in [-0.2, -0.15) is 0 Å². The molecule has 2 aromatic rings. The van der Waals surface area contributed by atoms with E-state index in [4.69, 9.17) is 11.5 Å². The molecule has 0 amide bonds. The SMILES string of the molecule is Cc1ccc(CCN)c(C)c1Sc1c(C)ccc(CCN)c1C. The number of rotatable bonds is 6. The highest BCUT2D eigenvalue weighted by atomic mass is 32.2. The number of benzene rings is 2. The molecule has 0 bridgehead atoms. The first-order valence-corrected chi connectivity index (χ1v) is 9.07. The normalized spacial score (nSPS) is 11.0. The minimum absolute atomic E-state index is 0.693. The molecular weight excluding hydrogens is 300 g/mol. The number of hydrogen-bond acceptors (Lipinski definition) is 3. The summed E-state index contributed by atoms with van der Waals surface area (Å²) in [6.45, 7) is 10.2. The molecule has 0 aromatic heterocycles. The Morgan fingerprint density at radius 2 is 1.09 bits per heavy atom. The molecule has 0 saturated carbocycles. The van der Waals surface area contributed by atoms with Crippen LogP contribution in [0.25, 0.3) is 0 Å². The first kappa shape index (κ1) is 18.1. The lowest BCUT2D eigenvalue weighted by Crippen LogP contribution is -2.06. The van der Waals surface area contributed by atoms with Crippen molar-refractivity contribution in [1.82, 2.24) is 0 Å². The largest absolute Gasteiger partial charge is 0.330 e. The maximum atomic E-state index is 5.75. The molecule has 2 rings (SSSR count). The summed E-state index contributed by atoms with van der Waals surface area (Å²) in [5, 5.41) is 0. The number of aryl methyl sites for hydroxylation is 2. The van der Waals surface area contributed by atoms with Crippen LogP contribution in [-0.2, 0) is 12.8 Å². The van der Waals surface area contributed by atoms with Gasteiger partial charge in [0.15, 0.2) is 0 Å². The average Bonchev–Trinajstić information content (AvgIpc) is 2.52. The van der Waals surface area contributed by atoms with Gasteiger partial charge in [-0.15, -0.1) is 0 Å². The van der Waals surface area contributed by atoms with Crippen LogP contribution in [0.1, 0.15) is 33.4 Å². The molecule has 0 radical (unpaired) electrons. The molecule has 0 heterocycles. The lowest BCUT2D eigenvalue weighted by molar-refractivity contribution is 0.940. The van der Waals surface area contributed by atoms with Crippen molar-refractivity contribution in [3.05, 3.63) is 57.6 Å². The van der Waals surface area contributed by atoms with Gasteiger partial charge in [0, 0.05) is 9.79 Å². The third kappa shape index (κ3) is 3.97. The molecule has 23 heavy (non-hydrogen) atoms. The predicted octanol–water partition coefficient (Wildman–Crippen LogP) is 4.07. The molecule has 3 heteroatoms. The van der Waals surface area contributed by atoms with Crippen LogP contribution in [0.5, 0.6) is 0 Å². The van der Waals surface area contributed by atoms with E-state index < -0.39 is 0 Å². The zero-order chi connectivity index (χ0) is 17.0. The van der Waals surface area contributed by atoms with Crippen molar-refractivity contribution >= 4 is 11.8 Å². The summed E-state index contributed by atoms with van der Waals surface area (Å²) in [6.07, 6.45) is 1.87. The molecule has 2 nitrogen and oxygen atoms in total. The fraction of sp³-hybridized carbons (Fsp3) is 0.400. The zero-order valence-corrected chi connectivity index (χ0v) is 15.5. The molecule has 0 atom stereocenters. The lowest BCUT2D eigenvalue weighted by atomic mass is 10.0. The van der Waals surface area contributed by atoms with Crippen molar-refractivity contribution in [3.8, 4) is 0 Å². The van der Waals surface area contributed by atoms with Crippen LogP contribution in [0.4, 0.5) is 0 Å². The van der Waals surface area contributed by atoms with Crippen LogP contribution >= 0.6 is 11.8 Å². The van der Waals surface area contributed by atoms with Crippen molar-refractivity contribution in [2.24, 2.45) is 11.5 Å². The highest BCUT2D eigenvalue weighted by Gasteiger charge is 2.13. The summed E-state index contributed by atoms with van der Waals surface area (Å²) in [5.74, 6) is 0. The van der Waals surface area contributed by atoms with E-state index in [0.717, 1.165) is 12.8 Å². The molecule has 0 saturated heterocycles. The summed E-state index contributed by atoms with van der Waals surface area (Å²) < 4.78 is 0. The third-order valence-electron chi connectivity index (χ3n) is 4.46. The fourth-order valence-electron chi connectivity index (χ4n) is 3.00. The first-order chi connectivity index (χ1) is 11.0. The van der Waals surface area contributed by atoms with Gasteiger partial charge in [-0.05, 0) is 87.0 Å². The molecular formula is C20H28N2S. The summed E-state index contributed by atoms with van der Waals surface area (Å²) >= 11 is 1.89. The Bertz CT molecular complexity index is 633. The molecule has 0 aliphatic rings. The Balaban J connectivity index is 2.47. The molecule has 4 N–H and O–H groups in total. The Morgan fingerprint density at radius 3 is 1.43 bits per heavy atom. The van der Waals surface area contributed by atoms with E-state index in [1.165, 1.54) is 43.2 Å². The lowest BCUT2D eigenvalue weighted by Gasteiger charge is -2.18. The highest BCUT2D eigenvalue weighted by molar-refractivity contribution is 7.99. The van der Waals surface area contributed by atoms with E-state index in [0.29, 0.717) is 13.1 Å². The molecule has 0 aliphatic carbocycles. The van der Waals surface area contributed by atoms with E-state index >= 15 is 0 Å². The fourth-order valence-corrected chi connectivity index (χ4v) is 4.24. The monoisotopic (exact) mass is 328 g/mol. The van der Waals surface area contributed by atoms with E-state index in [2.05, 4.69) is 52.0 Å². The maximum absolute atomic E-state index is 5.75. The van der Waals surface area contributed by atoms with Crippen molar-refractivity contribution < 1.29 is 0 Å². The molecule has 0 aliphatic heterocycles. The topological polar surface area (TPSA) is 52.0 Å². The molecule has 0 spiro atoms. The van der Waals surface area contributed by atoms with Crippen LogP contribution in [-0.4, -0.2) is 13.1 Å². The van der Waals surface area contributed by atoms with E-state index in [9.17, 15) is 0 Å². The second kappa shape index (κ2) is 8.00. The standard InChI is InChI=1S/C20H28N2S/c1-13-5-7-17(9-11-21)15(3)19(13)23-20-14(2)6-8-18(10-12-22)16(20)4/h5-8H,9-12,21-22H2,1-4H3. The van der Waals surface area contributed by atoms with Crippen LogP contribution in [0, 0.1) is 27.7 Å². The Labute approximate surface area is 144 Å². The molecule has 124 valence electrons. The molecule has 0 unspecified atom stereocenters. The van der Waals surface area contributed by atoms with E-state index in [-0.39, 0.29) is 0 Å². The van der Waals surface area contributed by atoms with Gasteiger partial charge in [0.25, 0.3) is 0 Å². The minimum Gasteiger partial charge on any atom is -0.330 e. The maximum Gasteiger partial charge on any atom is 0.0183 e. The summed E-state index contributed by atoms with van der Waals surface area (Å²) in [7, 11) is 0. The van der Waals surface area contributed by atoms with Crippen LogP contribution in [0.15, 0.2) is 34.1 Å². The van der Waals surface area contributed by atoms with Gasteiger partial charge >= 0.3 is 0 Å².